The van der Waals surface area contributed by atoms with Crippen molar-refractivity contribution in [1.82, 2.24) is 9.13 Å². The van der Waals surface area contributed by atoms with Gasteiger partial charge in [0.15, 0.2) is 0 Å². The number of aromatic nitrogens is 2. The van der Waals surface area contributed by atoms with E-state index in [-0.39, 0.29) is 22.2 Å². The summed E-state index contributed by atoms with van der Waals surface area (Å²) in [7, 11) is -4.31. The molecular formula is C88H96N2O4Si2. The van der Waals surface area contributed by atoms with Crippen LogP contribution in [-0.2, 0) is 13.1 Å². The quantitative estimate of drug-likeness (QED) is 0.0330. The molecule has 96 heavy (non-hydrogen) atoms. The lowest BCUT2D eigenvalue weighted by Gasteiger charge is -2.38. The Balaban J connectivity index is 1.25. The van der Waals surface area contributed by atoms with Crippen molar-refractivity contribution in [3.05, 3.63) is 196 Å². The van der Waals surface area contributed by atoms with Gasteiger partial charge in [0.05, 0.1) is 21.5 Å². The highest BCUT2D eigenvalue weighted by Gasteiger charge is 2.43. The predicted octanol–water partition coefficient (Wildman–Crippen LogP) is 21.5. The third-order valence-corrected chi connectivity index (χ3v) is 34.4. The normalized spacial score (nSPS) is 12.2. The van der Waals surface area contributed by atoms with Crippen molar-refractivity contribution < 1.29 is 0 Å². The summed E-state index contributed by atoms with van der Waals surface area (Å²) < 4.78 is 2.84. The SMILES string of the molecule is CCCCCCCCn1c(=O)c2cc3c(C#Cc4c5ccccc5c(C#C[Si](C(C)C)(C(C)C)C(C)C)c5ccccc45)c4cc5c(=O)n(CCCCCCCC)c(=O)c5cc4c(C#Cc4c5ccccc5c(C#C[Si](C(C)C)(C(C)C)C(C)C)c5ccccc45)c3cc2c1=O. The van der Waals surface area contributed by atoms with Crippen LogP contribution in [0.15, 0.2) is 141 Å². The molecule has 0 radical (unpaired) electrons. The Morgan fingerprint density at radius 3 is 0.688 bits per heavy atom. The molecule has 0 atom stereocenters. The topological polar surface area (TPSA) is 78.1 Å². The van der Waals surface area contributed by atoms with Gasteiger partial charge in [-0.05, 0) is 113 Å². The Hall–Kier alpha value is -8.51. The average Bonchev–Trinajstić information content (AvgIpc) is 1.37. The van der Waals surface area contributed by atoms with Gasteiger partial charge < -0.3 is 0 Å². The zero-order chi connectivity index (χ0) is 68.3. The Kier molecular flexibility index (Phi) is 20.8. The fourth-order valence-corrected chi connectivity index (χ4v) is 27.2. The molecule has 11 aromatic rings. The fourth-order valence-electron chi connectivity index (χ4n) is 16.8. The molecule has 8 heteroatoms. The minimum Gasteiger partial charge on any atom is -0.274 e. The molecule has 2 heterocycles. The van der Waals surface area contributed by atoms with Crippen LogP contribution in [-0.4, -0.2) is 25.3 Å². The molecule has 0 saturated heterocycles. The van der Waals surface area contributed by atoms with Gasteiger partial charge in [0, 0.05) is 68.0 Å². The van der Waals surface area contributed by atoms with Gasteiger partial charge >= 0.3 is 0 Å². The zero-order valence-corrected chi connectivity index (χ0v) is 61.4. The molecule has 2 aromatic heterocycles. The monoisotopic (exact) mass is 1300 g/mol. The van der Waals surface area contributed by atoms with Gasteiger partial charge in [-0.1, -0.05) is 294 Å². The highest BCUT2D eigenvalue weighted by Crippen LogP contribution is 2.44. The Bertz CT molecular complexity index is 4720. The maximum Gasteiger partial charge on any atom is 0.261 e. The van der Waals surface area contributed by atoms with Crippen LogP contribution in [0, 0.1) is 46.6 Å². The molecule has 0 N–H and O–H groups in total. The van der Waals surface area contributed by atoms with Crippen LogP contribution in [0.3, 0.4) is 0 Å². The van der Waals surface area contributed by atoms with Gasteiger partial charge in [-0.2, -0.15) is 0 Å². The molecule has 0 amide bonds. The van der Waals surface area contributed by atoms with Gasteiger partial charge in [0.25, 0.3) is 22.2 Å². The number of unbranched alkanes of at least 4 members (excludes halogenated alkanes) is 10. The second-order valence-electron chi connectivity index (χ2n) is 29.2. The van der Waals surface area contributed by atoms with Crippen molar-refractivity contribution in [2.24, 2.45) is 0 Å². The first-order valence-electron chi connectivity index (χ1n) is 36.0. The summed E-state index contributed by atoms with van der Waals surface area (Å²) in [5.41, 5.74) is 14.3. The van der Waals surface area contributed by atoms with Crippen LogP contribution in [0.1, 0.15) is 207 Å². The van der Waals surface area contributed by atoms with E-state index in [0.29, 0.717) is 113 Å². The summed E-state index contributed by atoms with van der Waals surface area (Å²) in [6.45, 7) is 33.2. The molecule has 0 aliphatic heterocycles. The summed E-state index contributed by atoms with van der Waals surface area (Å²) in [5, 5.41) is 11.7. The van der Waals surface area contributed by atoms with Gasteiger partial charge in [-0.15, -0.1) is 11.1 Å². The molecule has 490 valence electrons. The minimum absolute atomic E-state index is 0.313. The van der Waals surface area contributed by atoms with Gasteiger partial charge in [-0.25, -0.2) is 0 Å². The summed E-state index contributed by atoms with van der Waals surface area (Å²) in [4.78, 5) is 59.8. The van der Waals surface area contributed by atoms with E-state index in [2.05, 4.69) is 241 Å². The van der Waals surface area contributed by atoms with E-state index in [1.165, 1.54) is 9.13 Å². The minimum atomic E-state index is -2.15. The predicted molar refractivity (Wildman–Crippen MR) is 417 cm³/mol. The molecule has 0 aliphatic rings. The lowest BCUT2D eigenvalue weighted by molar-refractivity contribution is 0.547. The molecule has 0 fully saturated rings. The van der Waals surface area contributed by atoms with Gasteiger partial charge in [-0.3, -0.25) is 28.3 Å². The van der Waals surface area contributed by atoms with E-state index in [9.17, 15) is 19.2 Å². The molecule has 11 rings (SSSR count). The Labute approximate surface area is 571 Å². The standard InChI is InChI=1S/C88H96N2O4Si2/c1-15-17-19-21-23-33-49-89-85(91)81-53-77-73(45-43-71-63-35-25-29-39-67(63)75(68-40-30-26-36-64(68)71)47-51-95(57(3)4,58(5)6)59(7)8)79-55-83-84(88(94)90(87(83)93)50-34-24-22-20-18-16-2)56-80(79)74(78(77)54-82(81)86(89)92)46-44-72-65-37-27-31-41-69(65)76(70-42-32-28-38-66(70)72)48-52-96(60(9)10,61(11)12)62(13)14/h25-32,35-42,53-62H,15-24,33-34,49-50H2,1-14H3. The third kappa shape index (κ3) is 12.4. The molecule has 0 bridgehead atoms. The zero-order valence-electron chi connectivity index (χ0n) is 59.4. The molecule has 9 aromatic carbocycles. The summed E-state index contributed by atoms with van der Waals surface area (Å²) >= 11 is 0. The van der Waals surface area contributed by atoms with Crippen LogP contribution >= 0.6 is 0 Å². The highest BCUT2D eigenvalue weighted by atomic mass is 28.3. The number of nitrogens with zero attached hydrogens (tertiary/aromatic N) is 2. The Morgan fingerprint density at radius 1 is 0.271 bits per heavy atom. The van der Waals surface area contributed by atoms with E-state index in [1.807, 2.05) is 24.3 Å². The molecule has 0 saturated carbocycles. The Morgan fingerprint density at radius 2 is 0.469 bits per heavy atom. The van der Waals surface area contributed by atoms with Gasteiger partial charge in [0.1, 0.15) is 16.1 Å². The van der Waals surface area contributed by atoms with Crippen molar-refractivity contribution >= 4 is 102 Å². The second-order valence-corrected chi connectivity index (χ2v) is 40.3. The van der Waals surface area contributed by atoms with Gasteiger partial charge in [0.2, 0.25) is 0 Å². The van der Waals surface area contributed by atoms with Crippen LogP contribution in [0.2, 0.25) is 33.2 Å². The van der Waals surface area contributed by atoms with Crippen LogP contribution in [0.4, 0.5) is 0 Å². The lowest BCUT2D eigenvalue weighted by Crippen LogP contribution is -2.43. The smallest absolute Gasteiger partial charge is 0.261 e. The number of hydrogen-bond donors (Lipinski definition) is 0. The average molecular weight is 1300 g/mol. The van der Waals surface area contributed by atoms with Crippen LogP contribution in [0.5, 0.6) is 0 Å². The molecular weight excluding hydrogens is 1210 g/mol. The van der Waals surface area contributed by atoms with Crippen molar-refractivity contribution in [2.75, 3.05) is 0 Å². The number of rotatable bonds is 20. The molecule has 6 nitrogen and oxygen atoms in total. The fraction of sp³-hybridized carbons (Fsp3) is 0.386. The van der Waals surface area contributed by atoms with Crippen LogP contribution < -0.4 is 22.2 Å². The van der Waals surface area contributed by atoms with E-state index < -0.39 is 16.1 Å². The largest absolute Gasteiger partial charge is 0.274 e. The summed E-state index contributed by atoms with van der Waals surface area (Å²) in [6.07, 6.45) is 12.1. The third-order valence-electron chi connectivity index (χ3n) is 21.8. The van der Waals surface area contributed by atoms with Crippen molar-refractivity contribution in [1.29, 1.82) is 0 Å². The maximum absolute atomic E-state index is 15.0. The maximum atomic E-state index is 15.0. The first-order chi connectivity index (χ1) is 46.2. The van der Waals surface area contributed by atoms with Crippen molar-refractivity contribution in [2.45, 2.75) is 220 Å². The summed E-state index contributed by atoms with van der Waals surface area (Å²) in [5.74, 6) is 22.8. The van der Waals surface area contributed by atoms with Crippen LogP contribution in [0.25, 0.3) is 86.2 Å². The molecule has 0 unspecified atom stereocenters. The first-order valence-corrected chi connectivity index (χ1v) is 40.5. The number of benzene rings is 9. The van der Waals surface area contributed by atoms with E-state index in [4.69, 9.17) is 0 Å². The second kappa shape index (κ2) is 29.1. The van der Waals surface area contributed by atoms with E-state index in [1.54, 1.807) is 0 Å². The van der Waals surface area contributed by atoms with E-state index >= 15 is 0 Å². The van der Waals surface area contributed by atoms with E-state index in [0.717, 1.165) is 130 Å². The van der Waals surface area contributed by atoms with Crippen molar-refractivity contribution in [3.63, 3.8) is 0 Å². The summed E-state index contributed by atoms with van der Waals surface area (Å²) in [6, 6.07) is 41.2. The lowest BCUT2D eigenvalue weighted by atomic mass is 9.88. The molecule has 0 spiro atoms. The number of fused-ring (bicyclic) bond motifs is 8. The first kappa shape index (κ1) is 68.9. The molecule has 0 aliphatic carbocycles. The highest BCUT2D eigenvalue weighted by molar-refractivity contribution is 6.91. The van der Waals surface area contributed by atoms with Crippen molar-refractivity contribution in [3.8, 4) is 46.6 Å². The number of hydrogen-bond acceptors (Lipinski definition) is 4.